The van der Waals surface area contributed by atoms with Gasteiger partial charge in [-0.2, -0.15) is 0 Å². The van der Waals surface area contributed by atoms with Gasteiger partial charge in [-0.25, -0.2) is 0 Å². The van der Waals surface area contributed by atoms with Crippen LogP contribution < -0.4 is 31.8 Å². The van der Waals surface area contributed by atoms with Gasteiger partial charge in [0.1, 0.15) is 11.5 Å². The van der Waals surface area contributed by atoms with Crippen LogP contribution >= 0.6 is 15.8 Å². The van der Waals surface area contributed by atoms with E-state index in [0.29, 0.717) is 24.2 Å². The number of rotatable bonds is 11. The Bertz CT molecular complexity index is 2060. The summed E-state index contributed by atoms with van der Waals surface area (Å²) in [7, 11) is -0.892. The molecular weight excluding hydrogens is 848 g/mol. The SMILES string of the molecule is Oc1ccccc1C=NCCN=Cc1ccccc1O.[Ru].c1ccc(P(c2ccccc2)c2ccccc2)cc1.c1ccc(P(c2ccccc2)c2ccccc2)cc1. The molecule has 2 N–H and O–H groups in total. The predicted molar refractivity (Wildman–Crippen MR) is 251 cm³/mol. The standard InChI is InChI=1S/2C18H15P.C16H16N2O2.Ru/c2*1-4-10-16(11-5-1)19(17-12-6-2-7-13-17)18-14-8-3-9-15-18;19-15-7-3-1-5-13(15)11-17-9-10-18-12-14-6-2-4-8-16(14)20;/h2*1-15H;1-8,11-12,19-20H,9-10H2;. The molecule has 294 valence electrons. The molecule has 4 nitrogen and oxygen atoms in total. The van der Waals surface area contributed by atoms with Crippen LogP contribution in [0.2, 0.25) is 0 Å². The molecule has 0 spiro atoms. The molecule has 0 bridgehead atoms. The van der Waals surface area contributed by atoms with Gasteiger partial charge < -0.3 is 10.2 Å². The Morgan fingerprint density at radius 3 is 0.729 bits per heavy atom. The molecule has 0 radical (unpaired) electrons. The maximum Gasteiger partial charge on any atom is 0.124 e. The fourth-order valence-electron chi connectivity index (χ4n) is 5.99. The normalized spacial score (nSPS) is 10.7. The summed E-state index contributed by atoms with van der Waals surface area (Å²) in [6, 6.07) is 78.7. The van der Waals surface area contributed by atoms with E-state index in [1.165, 1.54) is 31.8 Å². The van der Waals surface area contributed by atoms with Crippen molar-refractivity contribution in [3.05, 3.63) is 242 Å². The van der Waals surface area contributed by atoms with E-state index < -0.39 is 15.8 Å². The average molecular weight is 894 g/mol. The summed E-state index contributed by atoms with van der Waals surface area (Å²) in [5, 5.41) is 27.5. The van der Waals surface area contributed by atoms with Crippen LogP contribution in [0.5, 0.6) is 11.5 Å². The third kappa shape index (κ3) is 13.9. The van der Waals surface area contributed by atoms with Crippen LogP contribution in [0, 0.1) is 0 Å². The molecule has 59 heavy (non-hydrogen) atoms. The van der Waals surface area contributed by atoms with Gasteiger partial charge in [-0.05, 0) is 71.9 Å². The molecule has 0 fully saturated rings. The van der Waals surface area contributed by atoms with Crippen molar-refractivity contribution >= 4 is 60.1 Å². The van der Waals surface area contributed by atoms with Crippen molar-refractivity contribution in [1.82, 2.24) is 0 Å². The van der Waals surface area contributed by atoms with Gasteiger partial charge >= 0.3 is 0 Å². The van der Waals surface area contributed by atoms with E-state index in [0.717, 1.165) is 0 Å². The van der Waals surface area contributed by atoms with Crippen molar-refractivity contribution in [1.29, 1.82) is 0 Å². The second kappa shape index (κ2) is 24.8. The van der Waals surface area contributed by atoms with Gasteiger partial charge in [-0.1, -0.05) is 206 Å². The van der Waals surface area contributed by atoms with Gasteiger partial charge in [-0.15, -0.1) is 0 Å². The first-order valence-electron chi connectivity index (χ1n) is 19.1. The molecule has 0 aliphatic heterocycles. The molecule has 0 atom stereocenters. The summed E-state index contributed by atoms with van der Waals surface area (Å²) < 4.78 is 0. The monoisotopic (exact) mass is 894 g/mol. The van der Waals surface area contributed by atoms with Crippen LogP contribution in [0.25, 0.3) is 0 Å². The number of aromatic hydroxyl groups is 2. The first-order valence-corrected chi connectivity index (χ1v) is 21.8. The van der Waals surface area contributed by atoms with Gasteiger partial charge in [0.25, 0.3) is 0 Å². The van der Waals surface area contributed by atoms with Gasteiger partial charge in [0, 0.05) is 43.0 Å². The van der Waals surface area contributed by atoms with Crippen LogP contribution in [-0.4, -0.2) is 35.7 Å². The summed E-state index contributed by atoms with van der Waals surface area (Å²) in [5.74, 6) is 0.433. The van der Waals surface area contributed by atoms with E-state index in [-0.39, 0.29) is 31.0 Å². The van der Waals surface area contributed by atoms with Crippen LogP contribution in [0.3, 0.4) is 0 Å². The topological polar surface area (TPSA) is 65.2 Å². The van der Waals surface area contributed by atoms with E-state index in [1.807, 2.05) is 12.1 Å². The Labute approximate surface area is 364 Å². The zero-order valence-corrected chi connectivity index (χ0v) is 36.1. The number of aliphatic imine (C=N–C) groups is 2. The maximum absolute atomic E-state index is 9.54. The molecule has 0 amide bonds. The molecule has 0 unspecified atom stereocenters. The number of hydrogen-bond donors (Lipinski definition) is 2. The van der Waals surface area contributed by atoms with Crippen molar-refractivity contribution in [3.63, 3.8) is 0 Å². The summed E-state index contributed by atoms with van der Waals surface area (Å²) in [6.07, 6.45) is 3.26. The molecule has 0 aliphatic rings. The molecule has 0 heterocycles. The Kier molecular flexibility index (Phi) is 18.6. The van der Waals surface area contributed by atoms with Gasteiger partial charge in [-0.3, -0.25) is 9.98 Å². The Hall–Kier alpha value is -5.82. The van der Waals surface area contributed by atoms with E-state index in [1.54, 1.807) is 48.8 Å². The average Bonchev–Trinajstić information content (AvgIpc) is 3.29. The van der Waals surface area contributed by atoms with Gasteiger partial charge in [0.15, 0.2) is 0 Å². The van der Waals surface area contributed by atoms with Crippen LogP contribution in [-0.2, 0) is 19.5 Å². The number of hydrogen-bond acceptors (Lipinski definition) is 4. The molecule has 0 aromatic heterocycles. The largest absolute Gasteiger partial charge is 0.507 e. The Morgan fingerprint density at radius 2 is 0.508 bits per heavy atom. The molecular formula is C52H46N2O2P2Ru. The number of benzene rings is 8. The van der Waals surface area contributed by atoms with Crippen molar-refractivity contribution in [3.8, 4) is 11.5 Å². The summed E-state index contributed by atoms with van der Waals surface area (Å²) in [4.78, 5) is 8.39. The molecule has 8 aromatic rings. The van der Waals surface area contributed by atoms with E-state index >= 15 is 0 Å². The number of nitrogens with zero attached hydrogens (tertiary/aromatic N) is 2. The number of phenolic OH excluding ortho intramolecular Hbond substituents is 2. The molecule has 8 aromatic carbocycles. The minimum Gasteiger partial charge on any atom is -0.507 e. The Balaban J connectivity index is 0.000000167. The summed E-state index contributed by atoms with van der Waals surface area (Å²) in [6.45, 7) is 1.05. The first-order chi connectivity index (χ1) is 28.7. The second-order valence-corrected chi connectivity index (χ2v) is 17.3. The third-order valence-electron chi connectivity index (χ3n) is 8.78. The fraction of sp³-hybridized carbons (Fsp3) is 0.0385. The van der Waals surface area contributed by atoms with E-state index in [9.17, 15) is 10.2 Å². The zero-order chi connectivity index (χ0) is 40.0. The predicted octanol–water partition coefficient (Wildman–Crippen LogP) is 9.52. The van der Waals surface area contributed by atoms with Crippen molar-refractivity contribution in [2.45, 2.75) is 0 Å². The van der Waals surface area contributed by atoms with E-state index in [2.05, 4.69) is 192 Å². The van der Waals surface area contributed by atoms with E-state index in [4.69, 9.17) is 0 Å². The van der Waals surface area contributed by atoms with Crippen molar-refractivity contribution in [2.75, 3.05) is 13.1 Å². The minimum atomic E-state index is -0.446. The first kappa shape index (κ1) is 44.3. The fourth-order valence-corrected chi connectivity index (χ4v) is 10.6. The quantitative estimate of drug-likeness (QED) is 0.0589. The molecule has 8 rings (SSSR count). The molecule has 0 saturated carbocycles. The van der Waals surface area contributed by atoms with Crippen LogP contribution in [0.15, 0.2) is 241 Å². The van der Waals surface area contributed by atoms with Crippen LogP contribution in [0.4, 0.5) is 0 Å². The second-order valence-electron chi connectivity index (χ2n) is 12.9. The molecule has 7 heteroatoms. The maximum atomic E-state index is 9.54. The number of para-hydroxylation sites is 2. The van der Waals surface area contributed by atoms with Crippen molar-refractivity contribution < 1.29 is 29.7 Å². The number of phenols is 2. The van der Waals surface area contributed by atoms with Gasteiger partial charge in [0.2, 0.25) is 0 Å². The van der Waals surface area contributed by atoms with Crippen LogP contribution in [0.1, 0.15) is 11.1 Å². The smallest absolute Gasteiger partial charge is 0.124 e. The summed E-state index contributed by atoms with van der Waals surface area (Å²) >= 11 is 0. The summed E-state index contributed by atoms with van der Waals surface area (Å²) in [5.41, 5.74) is 1.38. The molecule has 0 saturated heterocycles. The zero-order valence-electron chi connectivity index (χ0n) is 32.5. The third-order valence-corrected chi connectivity index (χ3v) is 13.7. The Morgan fingerprint density at radius 1 is 0.305 bits per heavy atom. The van der Waals surface area contributed by atoms with Crippen molar-refractivity contribution in [2.24, 2.45) is 9.98 Å². The molecule has 0 aliphatic carbocycles. The minimum absolute atomic E-state index is 0. The van der Waals surface area contributed by atoms with Gasteiger partial charge in [0.05, 0.1) is 13.1 Å².